The Morgan fingerprint density at radius 1 is 1.13 bits per heavy atom. The first-order valence-corrected chi connectivity index (χ1v) is 8.73. The summed E-state index contributed by atoms with van der Waals surface area (Å²) in [6.07, 6.45) is 0.547. The van der Waals surface area contributed by atoms with E-state index < -0.39 is 6.10 Å². The summed E-state index contributed by atoms with van der Waals surface area (Å²) in [7, 11) is 0. The molecule has 0 saturated carbocycles. The van der Waals surface area contributed by atoms with Crippen molar-refractivity contribution in [2.24, 2.45) is 5.41 Å². The smallest absolute Gasteiger partial charge is 0.122 e. The molecule has 0 bridgehead atoms. The zero-order chi connectivity index (χ0) is 17.7. The third-order valence-corrected chi connectivity index (χ3v) is 5.15. The molecule has 3 nitrogen and oxygen atoms in total. The molecule has 0 aliphatic rings. The maximum atomic E-state index is 10.2. The van der Waals surface area contributed by atoms with Gasteiger partial charge >= 0.3 is 0 Å². The predicted molar refractivity (Wildman–Crippen MR) is 98.2 cm³/mol. The van der Waals surface area contributed by atoms with E-state index in [0.717, 1.165) is 12.2 Å². The second-order valence-corrected chi connectivity index (χ2v) is 8.07. The van der Waals surface area contributed by atoms with Gasteiger partial charge in [0.2, 0.25) is 0 Å². The Kier molecular flexibility index (Phi) is 7.09. The van der Waals surface area contributed by atoms with E-state index in [0.29, 0.717) is 19.1 Å². The van der Waals surface area contributed by atoms with Crippen molar-refractivity contribution in [1.82, 2.24) is 5.32 Å². The minimum Gasteiger partial charge on any atom is -0.491 e. The van der Waals surface area contributed by atoms with Gasteiger partial charge in [0.1, 0.15) is 18.5 Å². The third kappa shape index (κ3) is 5.82. The Balaban J connectivity index is 2.56. The molecule has 3 heteroatoms. The van der Waals surface area contributed by atoms with Gasteiger partial charge in [-0.15, -0.1) is 0 Å². The van der Waals surface area contributed by atoms with Crippen LogP contribution in [0.2, 0.25) is 0 Å². The van der Waals surface area contributed by atoms with E-state index in [4.69, 9.17) is 4.74 Å². The Morgan fingerprint density at radius 3 is 2.30 bits per heavy atom. The highest BCUT2D eigenvalue weighted by Gasteiger charge is 2.32. The fourth-order valence-electron chi connectivity index (χ4n) is 2.12. The monoisotopic (exact) mass is 321 g/mol. The maximum Gasteiger partial charge on any atom is 0.122 e. The van der Waals surface area contributed by atoms with E-state index in [-0.39, 0.29) is 11.0 Å². The van der Waals surface area contributed by atoms with Crippen LogP contribution in [0.15, 0.2) is 24.3 Å². The minimum atomic E-state index is -0.526. The van der Waals surface area contributed by atoms with E-state index in [1.165, 1.54) is 5.56 Å². The summed E-state index contributed by atoms with van der Waals surface area (Å²) in [5.74, 6) is 1.34. The molecular weight excluding hydrogens is 286 g/mol. The van der Waals surface area contributed by atoms with Crippen LogP contribution in [-0.2, 0) is 0 Å². The largest absolute Gasteiger partial charge is 0.491 e. The summed E-state index contributed by atoms with van der Waals surface area (Å²) >= 11 is 0. The molecule has 0 fully saturated rings. The number of aliphatic hydroxyl groups excluding tert-OH is 1. The molecule has 132 valence electrons. The topological polar surface area (TPSA) is 41.5 Å². The quantitative estimate of drug-likeness (QED) is 0.748. The van der Waals surface area contributed by atoms with Crippen LogP contribution in [0.4, 0.5) is 0 Å². The number of ether oxygens (including phenoxy) is 1. The molecule has 0 radical (unpaired) electrons. The highest BCUT2D eigenvalue weighted by atomic mass is 16.5. The van der Waals surface area contributed by atoms with Crippen LogP contribution in [0.1, 0.15) is 66.4 Å². The van der Waals surface area contributed by atoms with E-state index in [1.54, 1.807) is 0 Å². The number of β-amino-alcohol motifs (C(OH)–C–C–N with tert-alkyl or cyclic N) is 1. The van der Waals surface area contributed by atoms with Gasteiger partial charge in [-0.3, -0.25) is 0 Å². The van der Waals surface area contributed by atoms with Gasteiger partial charge in [-0.2, -0.15) is 0 Å². The number of benzene rings is 1. The SMILES string of the molecule is CCC(C)c1ccccc1OCC(O)CNC(C)(C)C(C)(C)C. The van der Waals surface area contributed by atoms with Gasteiger partial charge in [0.15, 0.2) is 0 Å². The fourth-order valence-corrected chi connectivity index (χ4v) is 2.12. The highest BCUT2D eigenvalue weighted by Crippen LogP contribution is 2.30. The summed E-state index contributed by atoms with van der Waals surface area (Å²) in [6, 6.07) is 8.12. The van der Waals surface area contributed by atoms with E-state index in [9.17, 15) is 5.11 Å². The molecule has 1 aromatic rings. The molecule has 1 aromatic carbocycles. The normalized spacial score (nSPS) is 15.3. The van der Waals surface area contributed by atoms with Crippen LogP contribution in [0, 0.1) is 5.41 Å². The van der Waals surface area contributed by atoms with E-state index in [1.807, 2.05) is 18.2 Å². The fraction of sp³-hybridized carbons (Fsp3) is 0.700. The lowest BCUT2D eigenvalue weighted by atomic mass is 9.76. The molecule has 2 N–H and O–H groups in total. The molecule has 0 aromatic heterocycles. The molecule has 0 spiro atoms. The lowest BCUT2D eigenvalue weighted by molar-refractivity contribution is 0.0826. The maximum absolute atomic E-state index is 10.2. The van der Waals surface area contributed by atoms with Crippen LogP contribution in [-0.4, -0.2) is 29.9 Å². The van der Waals surface area contributed by atoms with E-state index in [2.05, 4.69) is 59.8 Å². The molecule has 0 aliphatic carbocycles. The summed E-state index contributed by atoms with van der Waals surface area (Å²) < 4.78 is 5.88. The van der Waals surface area contributed by atoms with Crippen LogP contribution >= 0.6 is 0 Å². The zero-order valence-corrected chi connectivity index (χ0v) is 15.9. The van der Waals surface area contributed by atoms with Crippen LogP contribution in [0.3, 0.4) is 0 Å². The lowest BCUT2D eigenvalue weighted by Crippen LogP contribution is -2.52. The second-order valence-electron chi connectivity index (χ2n) is 8.07. The van der Waals surface area contributed by atoms with Crippen molar-refractivity contribution in [2.45, 2.75) is 72.4 Å². The van der Waals surface area contributed by atoms with Crippen molar-refractivity contribution in [3.8, 4) is 5.75 Å². The van der Waals surface area contributed by atoms with Gasteiger partial charge in [0.25, 0.3) is 0 Å². The van der Waals surface area contributed by atoms with Crippen molar-refractivity contribution in [1.29, 1.82) is 0 Å². The number of aliphatic hydroxyl groups is 1. The first kappa shape index (κ1) is 20.0. The van der Waals surface area contributed by atoms with Gasteiger partial charge in [-0.05, 0) is 43.2 Å². The Labute approximate surface area is 142 Å². The number of para-hydroxylation sites is 1. The Hall–Kier alpha value is -1.06. The first-order chi connectivity index (χ1) is 10.6. The van der Waals surface area contributed by atoms with Gasteiger partial charge < -0.3 is 15.2 Å². The van der Waals surface area contributed by atoms with Crippen LogP contribution in [0.5, 0.6) is 5.75 Å². The first-order valence-electron chi connectivity index (χ1n) is 8.73. The van der Waals surface area contributed by atoms with Crippen LogP contribution < -0.4 is 10.1 Å². The summed E-state index contributed by atoms with van der Waals surface area (Å²) in [5, 5.41) is 13.7. The van der Waals surface area contributed by atoms with Crippen molar-refractivity contribution in [3.63, 3.8) is 0 Å². The van der Waals surface area contributed by atoms with E-state index >= 15 is 0 Å². The molecule has 2 unspecified atom stereocenters. The number of rotatable bonds is 8. The van der Waals surface area contributed by atoms with Crippen molar-refractivity contribution < 1.29 is 9.84 Å². The molecular formula is C20H35NO2. The van der Waals surface area contributed by atoms with Gasteiger partial charge in [-0.1, -0.05) is 52.8 Å². The van der Waals surface area contributed by atoms with Gasteiger partial charge in [-0.25, -0.2) is 0 Å². The molecule has 0 saturated heterocycles. The second kappa shape index (κ2) is 8.16. The standard InChI is InChI=1S/C20H35NO2/c1-8-15(2)17-11-9-10-12-18(17)23-14-16(22)13-21-20(6,7)19(3,4)5/h9-12,15-16,21-22H,8,13-14H2,1-7H3. The molecule has 0 aliphatic heterocycles. The average Bonchev–Trinajstić information content (AvgIpc) is 2.49. The summed E-state index contributed by atoms with van der Waals surface area (Å²) in [4.78, 5) is 0. The van der Waals surface area contributed by atoms with Gasteiger partial charge in [0.05, 0.1) is 0 Å². The highest BCUT2D eigenvalue weighted by molar-refractivity contribution is 5.35. The van der Waals surface area contributed by atoms with Gasteiger partial charge in [0, 0.05) is 12.1 Å². The zero-order valence-electron chi connectivity index (χ0n) is 15.9. The molecule has 1 rings (SSSR count). The third-order valence-electron chi connectivity index (χ3n) is 5.15. The lowest BCUT2D eigenvalue weighted by Gasteiger charge is -2.40. The molecule has 2 atom stereocenters. The van der Waals surface area contributed by atoms with Crippen molar-refractivity contribution in [3.05, 3.63) is 29.8 Å². The number of nitrogens with one attached hydrogen (secondary N) is 1. The Morgan fingerprint density at radius 2 is 1.74 bits per heavy atom. The molecule has 0 amide bonds. The molecule has 23 heavy (non-hydrogen) atoms. The Bertz CT molecular complexity index is 477. The summed E-state index contributed by atoms with van der Waals surface area (Å²) in [5.41, 5.74) is 1.28. The average molecular weight is 322 g/mol. The van der Waals surface area contributed by atoms with Crippen LogP contribution in [0.25, 0.3) is 0 Å². The molecule has 0 heterocycles. The van der Waals surface area contributed by atoms with Crippen molar-refractivity contribution >= 4 is 0 Å². The summed E-state index contributed by atoms with van der Waals surface area (Å²) in [6.45, 7) is 16.1. The number of hydrogen-bond acceptors (Lipinski definition) is 3. The number of hydrogen-bond donors (Lipinski definition) is 2. The predicted octanol–water partition coefficient (Wildman–Crippen LogP) is 4.35. The minimum absolute atomic E-state index is 0.0530. The van der Waals surface area contributed by atoms with Crippen molar-refractivity contribution in [2.75, 3.05) is 13.2 Å².